The zero-order valence-corrected chi connectivity index (χ0v) is 10.7. The summed E-state index contributed by atoms with van der Waals surface area (Å²) in [5.74, 6) is 0.736. The Morgan fingerprint density at radius 1 is 1.47 bits per heavy atom. The fourth-order valence-electron chi connectivity index (χ4n) is 2.29. The number of nitrogens with two attached hydrogens (primary N) is 1. The fraction of sp³-hybridized carbons (Fsp3) is 0.538. The molecule has 0 unspecified atom stereocenters. The van der Waals surface area contributed by atoms with Gasteiger partial charge in [-0.25, -0.2) is 0 Å². The van der Waals surface area contributed by atoms with Crippen molar-refractivity contribution >= 4 is 17.2 Å². The van der Waals surface area contributed by atoms with Gasteiger partial charge < -0.3 is 10.5 Å². The number of pyridine rings is 1. The number of nitrogens with zero attached hydrogens (tertiary/aromatic N) is 1. The molecule has 0 amide bonds. The second kappa shape index (κ2) is 6.07. The first-order valence-electron chi connectivity index (χ1n) is 6.09. The maximum absolute atomic E-state index is 5.74. The smallest absolute Gasteiger partial charge is 0.123 e. The van der Waals surface area contributed by atoms with Crippen molar-refractivity contribution in [3.63, 3.8) is 0 Å². The standard InChI is InChI=1S/C13H18N2OS/c14-13(17)12-11(6-3-7-15-12)9-16-8-10-4-1-2-5-10/h3,6-7,10H,1-2,4-5,8-9H2,(H2,14,17). The molecule has 1 aromatic heterocycles. The van der Waals surface area contributed by atoms with Gasteiger partial charge in [0, 0.05) is 18.4 Å². The lowest BCUT2D eigenvalue weighted by atomic mass is 10.1. The summed E-state index contributed by atoms with van der Waals surface area (Å²) in [7, 11) is 0. The van der Waals surface area contributed by atoms with E-state index in [4.69, 9.17) is 22.7 Å². The first kappa shape index (κ1) is 12.5. The minimum atomic E-state index is 0.338. The van der Waals surface area contributed by atoms with Crippen molar-refractivity contribution in [2.24, 2.45) is 11.7 Å². The second-order valence-corrected chi connectivity index (χ2v) is 4.98. The second-order valence-electron chi connectivity index (χ2n) is 4.54. The summed E-state index contributed by atoms with van der Waals surface area (Å²) in [5, 5.41) is 0. The van der Waals surface area contributed by atoms with Crippen LogP contribution in [0.3, 0.4) is 0 Å². The van der Waals surface area contributed by atoms with Crippen LogP contribution in [0.15, 0.2) is 18.3 Å². The number of rotatable bonds is 5. The number of hydrogen-bond acceptors (Lipinski definition) is 3. The van der Waals surface area contributed by atoms with E-state index in [9.17, 15) is 0 Å². The molecule has 0 saturated heterocycles. The third kappa shape index (κ3) is 3.48. The summed E-state index contributed by atoms with van der Waals surface area (Å²) in [6.07, 6.45) is 7.00. The number of aromatic nitrogens is 1. The first-order chi connectivity index (χ1) is 8.27. The molecule has 0 aliphatic heterocycles. The SMILES string of the molecule is NC(=S)c1ncccc1COCC1CCCC1. The van der Waals surface area contributed by atoms with Crippen LogP contribution in [0.2, 0.25) is 0 Å². The summed E-state index contributed by atoms with van der Waals surface area (Å²) in [5.41, 5.74) is 7.29. The van der Waals surface area contributed by atoms with Crippen LogP contribution in [-0.2, 0) is 11.3 Å². The van der Waals surface area contributed by atoms with Crippen LogP contribution < -0.4 is 5.73 Å². The van der Waals surface area contributed by atoms with Crippen LogP contribution in [0.1, 0.15) is 36.9 Å². The van der Waals surface area contributed by atoms with E-state index in [-0.39, 0.29) is 0 Å². The molecule has 1 aromatic rings. The van der Waals surface area contributed by atoms with Gasteiger partial charge in [-0.2, -0.15) is 0 Å². The molecule has 0 bridgehead atoms. The van der Waals surface area contributed by atoms with Crippen LogP contribution >= 0.6 is 12.2 Å². The molecule has 1 fully saturated rings. The Kier molecular flexibility index (Phi) is 4.45. The first-order valence-corrected chi connectivity index (χ1v) is 6.49. The van der Waals surface area contributed by atoms with E-state index >= 15 is 0 Å². The monoisotopic (exact) mass is 250 g/mol. The van der Waals surface area contributed by atoms with E-state index in [2.05, 4.69) is 4.98 Å². The molecule has 0 spiro atoms. The highest BCUT2D eigenvalue weighted by molar-refractivity contribution is 7.80. The molecule has 1 saturated carbocycles. The minimum absolute atomic E-state index is 0.338. The van der Waals surface area contributed by atoms with Crippen LogP contribution in [0.25, 0.3) is 0 Å². The van der Waals surface area contributed by atoms with Crippen molar-refractivity contribution in [3.8, 4) is 0 Å². The molecule has 0 radical (unpaired) electrons. The molecule has 1 aliphatic rings. The molecule has 1 heterocycles. The van der Waals surface area contributed by atoms with Gasteiger partial charge in [0.2, 0.25) is 0 Å². The normalized spacial score (nSPS) is 16.2. The van der Waals surface area contributed by atoms with Gasteiger partial charge >= 0.3 is 0 Å². The predicted molar refractivity (Wildman–Crippen MR) is 71.7 cm³/mol. The molecule has 2 N–H and O–H groups in total. The third-order valence-corrected chi connectivity index (χ3v) is 3.40. The maximum atomic E-state index is 5.74. The average Bonchev–Trinajstić information content (AvgIpc) is 2.82. The topological polar surface area (TPSA) is 48.1 Å². The lowest BCUT2D eigenvalue weighted by Gasteiger charge is -2.11. The lowest BCUT2D eigenvalue weighted by molar-refractivity contribution is 0.0886. The lowest BCUT2D eigenvalue weighted by Crippen LogP contribution is -2.15. The largest absolute Gasteiger partial charge is 0.388 e. The summed E-state index contributed by atoms with van der Waals surface area (Å²) in [4.78, 5) is 4.52. The molecule has 92 valence electrons. The van der Waals surface area contributed by atoms with Crippen LogP contribution in [0.5, 0.6) is 0 Å². The number of hydrogen-bond donors (Lipinski definition) is 1. The van der Waals surface area contributed by atoms with Gasteiger partial charge in [0.05, 0.1) is 6.61 Å². The van der Waals surface area contributed by atoms with E-state index in [1.165, 1.54) is 25.7 Å². The number of thiocarbonyl (C=S) groups is 1. The van der Waals surface area contributed by atoms with Crippen molar-refractivity contribution in [3.05, 3.63) is 29.6 Å². The highest BCUT2D eigenvalue weighted by Gasteiger charge is 2.15. The summed E-state index contributed by atoms with van der Waals surface area (Å²) in [6, 6.07) is 3.85. The Morgan fingerprint density at radius 2 is 2.24 bits per heavy atom. The van der Waals surface area contributed by atoms with Gasteiger partial charge in [-0.15, -0.1) is 0 Å². The molecule has 1 aliphatic carbocycles. The van der Waals surface area contributed by atoms with Crippen molar-refractivity contribution in [2.75, 3.05) is 6.61 Å². The summed E-state index contributed by atoms with van der Waals surface area (Å²) in [6.45, 7) is 1.39. The van der Waals surface area contributed by atoms with Crippen molar-refractivity contribution in [1.29, 1.82) is 0 Å². The van der Waals surface area contributed by atoms with Crippen LogP contribution in [0.4, 0.5) is 0 Å². The average molecular weight is 250 g/mol. The zero-order chi connectivity index (χ0) is 12.1. The number of ether oxygens (including phenoxy) is 1. The van der Waals surface area contributed by atoms with Gasteiger partial charge in [0.1, 0.15) is 10.7 Å². The highest BCUT2D eigenvalue weighted by Crippen LogP contribution is 2.25. The zero-order valence-electron chi connectivity index (χ0n) is 9.89. The van der Waals surface area contributed by atoms with Gasteiger partial charge in [0.25, 0.3) is 0 Å². The van der Waals surface area contributed by atoms with E-state index in [0.717, 1.165) is 18.1 Å². The Bertz CT molecular complexity index is 389. The van der Waals surface area contributed by atoms with Gasteiger partial charge in [-0.05, 0) is 24.8 Å². The van der Waals surface area contributed by atoms with Crippen molar-refractivity contribution < 1.29 is 4.74 Å². The Labute approximate surface area is 107 Å². The molecule has 0 atom stereocenters. The van der Waals surface area contributed by atoms with Crippen molar-refractivity contribution in [2.45, 2.75) is 32.3 Å². The van der Waals surface area contributed by atoms with Gasteiger partial charge in [-0.3, -0.25) is 4.98 Å². The Hall–Kier alpha value is -1.00. The van der Waals surface area contributed by atoms with E-state index < -0.39 is 0 Å². The minimum Gasteiger partial charge on any atom is -0.388 e. The van der Waals surface area contributed by atoms with E-state index in [1.54, 1.807) is 6.20 Å². The molecular formula is C13H18N2OS. The van der Waals surface area contributed by atoms with Gasteiger partial charge in [-0.1, -0.05) is 31.1 Å². The maximum Gasteiger partial charge on any atom is 0.123 e. The Morgan fingerprint density at radius 3 is 2.94 bits per heavy atom. The fourth-order valence-corrected chi connectivity index (χ4v) is 2.47. The van der Waals surface area contributed by atoms with E-state index in [0.29, 0.717) is 17.3 Å². The summed E-state index contributed by atoms with van der Waals surface area (Å²) >= 11 is 4.97. The Balaban J connectivity index is 1.87. The highest BCUT2D eigenvalue weighted by atomic mass is 32.1. The molecular weight excluding hydrogens is 232 g/mol. The molecule has 17 heavy (non-hydrogen) atoms. The molecule has 3 nitrogen and oxygen atoms in total. The third-order valence-electron chi connectivity index (χ3n) is 3.21. The predicted octanol–water partition coefficient (Wildman–Crippen LogP) is 2.42. The molecule has 2 rings (SSSR count). The van der Waals surface area contributed by atoms with Crippen LogP contribution in [0, 0.1) is 5.92 Å². The summed E-state index contributed by atoms with van der Waals surface area (Å²) < 4.78 is 5.74. The quantitative estimate of drug-likeness (QED) is 0.815. The van der Waals surface area contributed by atoms with Crippen molar-refractivity contribution in [1.82, 2.24) is 4.98 Å². The van der Waals surface area contributed by atoms with E-state index in [1.807, 2.05) is 12.1 Å². The molecule has 4 heteroatoms. The van der Waals surface area contributed by atoms with Crippen LogP contribution in [-0.4, -0.2) is 16.6 Å². The van der Waals surface area contributed by atoms with Gasteiger partial charge in [0.15, 0.2) is 0 Å². The molecule has 0 aromatic carbocycles.